The number of phenols is 1. The fourth-order valence-electron chi connectivity index (χ4n) is 2.67. The Kier molecular flexibility index (Phi) is 5.00. The highest BCUT2D eigenvalue weighted by Gasteiger charge is 2.16. The van der Waals surface area contributed by atoms with Gasteiger partial charge in [0.05, 0.1) is 11.1 Å². The number of nitrogens with one attached hydrogen (secondary N) is 1. The van der Waals surface area contributed by atoms with Crippen LogP contribution in [0.15, 0.2) is 54.7 Å². The van der Waals surface area contributed by atoms with Gasteiger partial charge in [-0.05, 0) is 18.6 Å². The van der Waals surface area contributed by atoms with Gasteiger partial charge in [0, 0.05) is 29.7 Å². The average Bonchev–Trinajstić information content (AvgIpc) is 2.61. The molecule has 24 heavy (non-hydrogen) atoms. The number of phenolic OH excluding ortho intramolecular Hbond substituents is 1. The summed E-state index contributed by atoms with van der Waals surface area (Å²) in [6.07, 6.45) is 0.897. The van der Waals surface area contributed by atoms with Crippen LogP contribution in [0, 0.1) is 0 Å². The molecule has 0 spiro atoms. The van der Waals surface area contributed by atoms with Crippen molar-refractivity contribution < 1.29 is 10.2 Å². The van der Waals surface area contributed by atoms with Gasteiger partial charge in [-0.3, -0.25) is 4.98 Å². The lowest BCUT2D eigenvalue weighted by molar-refractivity contribution is 0.135. The van der Waals surface area contributed by atoms with Gasteiger partial charge in [0.25, 0.3) is 0 Å². The molecule has 3 aromatic rings. The zero-order valence-corrected chi connectivity index (χ0v) is 14.0. The Morgan fingerprint density at radius 3 is 2.67 bits per heavy atom. The molecule has 0 aliphatic carbocycles. The summed E-state index contributed by atoms with van der Waals surface area (Å²) in [6, 6.07) is 14.8. The molecule has 3 N–H and O–H groups in total. The Morgan fingerprint density at radius 1 is 1.17 bits per heavy atom. The molecule has 2 atom stereocenters. The highest BCUT2D eigenvalue weighted by atomic mass is 35.5. The number of rotatable bonds is 5. The molecule has 0 saturated heterocycles. The van der Waals surface area contributed by atoms with Crippen molar-refractivity contribution in [1.29, 1.82) is 0 Å². The monoisotopic (exact) mass is 342 g/mol. The van der Waals surface area contributed by atoms with Gasteiger partial charge in [-0.15, -0.1) is 0 Å². The predicted molar refractivity (Wildman–Crippen MR) is 96.1 cm³/mol. The summed E-state index contributed by atoms with van der Waals surface area (Å²) in [5.41, 5.74) is 2.11. The summed E-state index contributed by atoms with van der Waals surface area (Å²) < 4.78 is 0. The average molecular weight is 343 g/mol. The molecule has 124 valence electrons. The highest BCUT2D eigenvalue weighted by Crippen LogP contribution is 2.28. The maximum Gasteiger partial charge on any atom is 0.146 e. The van der Waals surface area contributed by atoms with E-state index in [0.717, 1.165) is 16.5 Å². The summed E-state index contributed by atoms with van der Waals surface area (Å²) in [5.74, 6) is 0.137. The SMILES string of the molecule is CC(NCc1ccc2cc(Cl)cnc2c1O)C(O)c1ccccc1. The first kappa shape index (κ1) is 16.7. The third-order valence-electron chi connectivity index (χ3n) is 4.11. The lowest BCUT2D eigenvalue weighted by Crippen LogP contribution is -2.31. The van der Waals surface area contributed by atoms with Gasteiger partial charge in [-0.2, -0.15) is 0 Å². The first-order valence-corrected chi connectivity index (χ1v) is 8.16. The highest BCUT2D eigenvalue weighted by molar-refractivity contribution is 6.31. The first-order valence-electron chi connectivity index (χ1n) is 7.79. The van der Waals surface area contributed by atoms with Crippen LogP contribution in [-0.4, -0.2) is 21.2 Å². The quantitative estimate of drug-likeness (QED) is 0.659. The van der Waals surface area contributed by atoms with Crippen LogP contribution in [0.2, 0.25) is 5.02 Å². The minimum atomic E-state index is -0.620. The molecule has 0 radical (unpaired) electrons. The summed E-state index contributed by atoms with van der Waals surface area (Å²) in [7, 11) is 0. The van der Waals surface area contributed by atoms with Gasteiger partial charge >= 0.3 is 0 Å². The van der Waals surface area contributed by atoms with E-state index >= 15 is 0 Å². The number of aliphatic hydroxyl groups is 1. The van der Waals surface area contributed by atoms with E-state index in [1.165, 1.54) is 6.20 Å². The number of hydrogen-bond donors (Lipinski definition) is 3. The van der Waals surface area contributed by atoms with Crippen molar-refractivity contribution in [2.75, 3.05) is 0 Å². The summed E-state index contributed by atoms with van der Waals surface area (Å²) >= 11 is 5.92. The van der Waals surface area contributed by atoms with E-state index in [1.54, 1.807) is 6.07 Å². The second-order valence-electron chi connectivity index (χ2n) is 5.82. The number of fused-ring (bicyclic) bond motifs is 1. The minimum absolute atomic E-state index is 0.137. The van der Waals surface area contributed by atoms with Gasteiger partial charge < -0.3 is 15.5 Å². The number of benzene rings is 2. The molecule has 4 nitrogen and oxygen atoms in total. The summed E-state index contributed by atoms with van der Waals surface area (Å²) in [5, 5.41) is 25.4. The maximum absolute atomic E-state index is 10.4. The Hall–Kier alpha value is -2.14. The van der Waals surface area contributed by atoms with Crippen molar-refractivity contribution in [3.8, 4) is 5.75 Å². The third kappa shape index (κ3) is 3.51. The van der Waals surface area contributed by atoms with Gasteiger partial charge in [0.15, 0.2) is 0 Å². The molecule has 0 saturated carbocycles. The van der Waals surface area contributed by atoms with Crippen LogP contribution in [0.25, 0.3) is 10.9 Å². The Morgan fingerprint density at radius 2 is 1.92 bits per heavy atom. The van der Waals surface area contributed by atoms with Crippen molar-refractivity contribution >= 4 is 22.5 Å². The molecular weight excluding hydrogens is 324 g/mol. The fourth-order valence-corrected chi connectivity index (χ4v) is 2.83. The van der Waals surface area contributed by atoms with E-state index in [2.05, 4.69) is 10.3 Å². The van der Waals surface area contributed by atoms with Crippen LogP contribution in [0.3, 0.4) is 0 Å². The molecule has 0 amide bonds. The van der Waals surface area contributed by atoms with Crippen LogP contribution in [0.5, 0.6) is 5.75 Å². The van der Waals surface area contributed by atoms with Crippen LogP contribution >= 0.6 is 11.6 Å². The second kappa shape index (κ2) is 7.18. The number of aromatic nitrogens is 1. The van der Waals surface area contributed by atoms with E-state index in [1.807, 2.05) is 49.4 Å². The molecule has 2 unspecified atom stereocenters. The van der Waals surface area contributed by atoms with Crippen molar-refractivity contribution in [3.05, 3.63) is 70.9 Å². The molecule has 0 aliphatic rings. The maximum atomic E-state index is 10.4. The minimum Gasteiger partial charge on any atom is -0.505 e. The van der Waals surface area contributed by atoms with Gasteiger partial charge in [0.1, 0.15) is 11.3 Å². The van der Waals surface area contributed by atoms with E-state index in [-0.39, 0.29) is 11.8 Å². The molecular formula is C19H19ClN2O2. The zero-order valence-electron chi connectivity index (χ0n) is 13.3. The standard InChI is InChI=1S/C19H19ClN2O2/c1-12(18(23)13-5-3-2-4-6-13)21-10-15-8-7-14-9-16(20)11-22-17(14)19(15)24/h2-9,11-12,18,21,23-24H,10H2,1H3. The molecule has 1 aromatic heterocycles. The van der Waals surface area contributed by atoms with Gasteiger partial charge in [-0.25, -0.2) is 0 Å². The van der Waals surface area contributed by atoms with Crippen LogP contribution in [-0.2, 0) is 6.54 Å². The molecule has 0 aliphatic heterocycles. The van der Waals surface area contributed by atoms with Crippen molar-refractivity contribution in [1.82, 2.24) is 10.3 Å². The predicted octanol–water partition coefficient (Wildman–Crippen LogP) is 3.81. The first-order chi connectivity index (χ1) is 11.6. The van der Waals surface area contributed by atoms with Crippen LogP contribution in [0.1, 0.15) is 24.2 Å². The summed E-state index contributed by atoms with van der Waals surface area (Å²) in [4.78, 5) is 4.19. The van der Waals surface area contributed by atoms with Crippen LogP contribution < -0.4 is 5.32 Å². The van der Waals surface area contributed by atoms with Gasteiger partial charge in [0.2, 0.25) is 0 Å². The number of pyridine rings is 1. The van der Waals surface area contributed by atoms with E-state index < -0.39 is 6.10 Å². The van der Waals surface area contributed by atoms with Gasteiger partial charge in [-0.1, -0.05) is 54.1 Å². The lowest BCUT2D eigenvalue weighted by Gasteiger charge is -2.21. The molecule has 3 rings (SSSR count). The van der Waals surface area contributed by atoms with E-state index in [4.69, 9.17) is 11.6 Å². The molecule has 1 heterocycles. The Bertz CT molecular complexity index is 839. The number of aromatic hydroxyl groups is 1. The lowest BCUT2D eigenvalue weighted by atomic mass is 10.0. The number of nitrogens with zero attached hydrogens (tertiary/aromatic N) is 1. The van der Waals surface area contributed by atoms with Crippen molar-refractivity contribution in [3.63, 3.8) is 0 Å². The fraction of sp³-hybridized carbons (Fsp3) is 0.211. The molecule has 0 bridgehead atoms. The smallest absolute Gasteiger partial charge is 0.146 e. The molecule has 0 fully saturated rings. The topological polar surface area (TPSA) is 65.4 Å². The van der Waals surface area contributed by atoms with E-state index in [0.29, 0.717) is 17.1 Å². The number of halogens is 1. The second-order valence-corrected chi connectivity index (χ2v) is 6.26. The Balaban J connectivity index is 1.73. The number of aliphatic hydroxyl groups excluding tert-OH is 1. The molecule has 5 heteroatoms. The summed E-state index contributed by atoms with van der Waals surface area (Å²) in [6.45, 7) is 2.34. The van der Waals surface area contributed by atoms with Crippen LogP contribution in [0.4, 0.5) is 0 Å². The van der Waals surface area contributed by atoms with E-state index in [9.17, 15) is 10.2 Å². The van der Waals surface area contributed by atoms with Crippen molar-refractivity contribution in [2.45, 2.75) is 25.6 Å². The molecule has 2 aromatic carbocycles. The largest absolute Gasteiger partial charge is 0.505 e. The Labute approximate surface area is 145 Å². The number of hydrogen-bond acceptors (Lipinski definition) is 4. The third-order valence-corrected chi connectivity index (χ3v) is 4.31. The zero-order chi connectivity index (χ0) is 17.1. The van der Waals surface area contributed by atoms with Crippen molar-refractivity contribution in [2.24, 2.45) is 0 Å². The normalized spacial score (nSPS) is 13.8.